The van der Waals surface area contributed by atoms with Crippen molar-refractivity contribution in [1.29, 1.82) is 0 Å². The average molecular weight is 443 g/mol. The maximum atomic E-state index is 12.1. The van der Waals surface area contributed by atoms with Crippen molar-refractivity contribution in [2.24, 2.45) is 0 Å². The number of aromatic nitrogens is 3. The molecule has 0 aliphatic carbocycles. The molecule has 166 valence electrons. The number of benzene rings is 2. The van der Waals surface area contributed by atoms with Crippen LogP contribution in [0.3, 0.4) is 0 Å². The van der Waals surface area contributed by atoms with Gasteiger partial charge in [-0.3, -0.25) is 0 Å². The van der Waals surface area contributed by atoms with Crippen molar-refractivity contribution in [3.63, 3.8) is 0 Å². The number of fused-ring (bicyclic) bond motifs is 2. The van der Waals surface area contributed by atoms with Crippen molar-refractivity contribution in [2.45, 2.75) is 33.9 Å². The van der Waals surface area contributed by atoms with E-state index >= 15 is 0 Å². The predicted octanol–water partition coefficient (Wildman–Crippen LogP) is 4.04. The van der Waals surface area contributed by atoms with E-state index in [0.29, 0.717) is 29.2 Å². The Bertz CT molecular complexity index is 1630. The molecular weight excluding hydrogens is 422 g/mol. The lowest BCUT2D eigenvalue weighted by Gasteiger charge is -2.09. The van der Waals surface area contributed by atoms with Crippen LogP contribution < -0.4 is 16.0 Å². The number of rotatable bonds is 5. The van der Waals surface area contributed by atoms with Gasteiger partial charge in [0.2, 0.25) is 0 Å². The fourth-order valence-corrected chi connectivity index (χ4v) is 4.11. The fourth-order valence-electron chi connectivity index (χ4n) is 4.11. The molecule has 0 atom stereocenters. The summed E-state index contributed by atoms with van der Waals surface area (Å²) in [5.74, 6) is 0.559. The lowest BCUT2D eigenvalue weighted by Crippen LogP contribution is -2.07. The molecular formula is C25H21N3O5. The quantitative estimate of drug-likeness (QED) is 0.378. The minimum Gasteiger partial charge on any atom is -0.487 e. The minimum absolute atomic E-state index is 0.192. The zero-order chi connectivity index (χ0) is 23.1. The molecule has 8 heteroatoms. The van der Waals surface area contributed by atoms with Crippen LogP contribution in [0, 0.1) is 20.8 Å². The molecule has 0 saturated heterocycles. The molecule has 5 aromatic rings. The van der Waals surface area contributed by atoms with Crippen LogP contribution in [-0.4, -0.2) is 15.0 Å². The SMILES string of the molecule is Cc1cc(C)c2c(Cn3cc(COc4ccc5c(C)cc(=O)oc5c4)nn3)cc(=O)oc2c1. The Morgan fingerprint density at radius 1 is 0.909 bits per heavy atom. The van der Waals surface area contributed by atoms with Crippen molar-refractivity contribution >= 4 is 21.9 Å². The highest BCUT2D eigenvalue weighted by Gasteiger charge is 2.12. The Morgan fingerprint density at radius 2 is 1.70 bits per heavy atom. The highest BCUT2D eigenvalue weighted by atomic mass is 16.5. The second-order valence-corrected chi connectivity index (χ2v) is 8.15. The van der Waals surface area contributed by atoms with E-state index in [1.165, 1.54) is 12.1 Å². The van der Waals surface area contributed by atoms with Crippen LogP contribution in [0.2, 0.25) is 0 Å². The van der Waals surface area contributed by atoms with Crippen LogP contribution in [0.25, 0.3) is 21.9 Å². The number of ether oxygens (including phenoxy) is 1. The Morgan fingerprint density at radius 3 is 2.55 bits per heavy atom. The monoisotopic (exact) mass is 443 g/mol. The van der Waals surface area contributed by atoms with Crippen molar-refractivity contribution in [3.05, 3.63) is 97.4 Å². The maximum absolute atomic E-state index is 12.1. The molecule has 0 bridgehead atoms. The second kappa shape index (κ2) is 8.05. The summed E-state index contributed by atoms with van der Waals surface area (Å²) >= 11 is 0. The standard InChI is InChI=1S/C25H21N3O5/c1-14-6-16(3)25-17(9-24(30)33-22(25)7-14)11-28-12-18(26-27-28)13-31-19-4-5-20-15(2)8-23(29)32-21(20)10-19/h4-10,12H,11,13H2,1-3H3. The zero-order valence-corrected chi connectivity index (χ0v) is 18.4. The molecule has 0 spiro atoms. The Balaban J connectivity index is 1.36. The molecule has 33 heavy (non-hydrogen) atoms. The smallest absolute Gasteiger partial charge is 0.336 e. The summed E-state index contributed by atoms with van der Waals surface area (Å²) in [6, 6.07) is 12.2. The summed E-state index contributed by atoms with van der Waals surface area (Å²) in [4.78, 5) is 23.7. The van der Waals surface area contributed by atoms with Gasteiger partial charge in [0, 0.05) is 29.0 Å². The summed E-state index contributed by atoms with van der Waals surface area (Å²) in [6.07, 6.45) is 1.77. The molecule has 0 amide bonds. The van der Waals surface area contributed by atoms with Gasteiger partial charge in [-0.1, -0.05) is 11.3 Å². The molecule has 0 radical (unpaired) electrons. The van der Waals surface area contributed by atoms with E-state index in [-0.39, 0.29) is 6.61 Å². The molecule has 5 rings (SSSR count). The highest BCUT2D eigenvalue weighted by Crippen LogP contribution is 2.24. The molecule has 0 fully saturated rings. The van der Waals surface area contributed by atoms with E-state index in [1.54, 1.807) is 16.9 Å². The molecule has 3 heterocycles. The second-order valence-electron chi connectivity index (χ2n) is 8.15. The van der Waals surface area contributed by atoms with Gasteiger partial charge in [0.1, 0.15) is 29.2 Å². The van der Waals surface area contributed by atoms with Gasteiger partial charge in [0.25, 0.3) is 0 Å². The van der Waals surface area contributed by atoms with Gasteiger partial charge < -0.3 is 13.6 Å². The van der Waals surface area contributed by atoms with E-state index in [4.69, 9.17) is 13.6 Å². The molecule has 2 aromatic carbocycles. The first kappa shape index (κ1) is 20.7. The van der Waals surface area contributed by atoms with Gasteiger partial charge in [0.05, 0.1) is 12.7 Å². The molecule has 8 nitrogen and oxygen atoms in total. The average Bonchev–Trinajstić information content (AvgIpc) is 3.18. The molecule has 0 aliphatic rings. The van der Waals surface area contributed by atoms with E-state index < -0.39 is 11.3 Å². The lowest BCUT2D eigenvalue weighted by atomic mass is 10.0. The Hall–Kier alpha value is -4.20. The van der Waals surface area contributed by atoms with E-state index in [2.05, 4.69) is 16.4 Å². The number of hydrogen-bond acceptors (Lipinski definition) is 7. The molecule has 0 saturated carbocycles. The molecule has 0 N–H and O–H groups in total. The van der Waals surface area contributed by atoms with Crippen molar-refractivity contribution in [1.82, 2.24) is 15.0 Å². The molecule has 3 aromatic heterocycles. The van der Waals surface area contributed by atoms with Crippen LogP contribution in [0.5, 0.6) is 5.75 Å². The molecule has 0 aliphatic heterocycles. The zero-order valence-electron chi connectivity index (χ0n) is 18.4. The summed E-state index contributed by atoms with van der Waals surface area (Å²) in [7, 11) is 0. The fraction of sp³-hybridized carbons (Fsp3) is 0.200. The van der Waals surface area contributed by atoms with Gasteiger partial charge in [-0.15, -0.1) is 5.10 Å². The van der Waals surface area contributed by atoms with E-state index in [0.717, 1.165) is 33.0 Å². The summed E-state index contributed by atoms with van der Waals surface area (Å²) < 4.78 is 18.1. The van der Waals surface area contributed by atoms with Crippen LogP contribution in [0.1, 0.15) is 27.9 Å². The Labute approximate surface area is 188 Å². The first-order valence-electron chi connectivity index (χ1n) is 10.5. The summed E-state index contributed by atoms with van der Waals surface area (Å²) in [6.45, 7) is 6.39. The van der Waals surface area contributed by atoms with Gasteiger partial charge in [0.15, 0.2) is 0 Å². The first-order valence-corrected chi connectivity index (χ1v) is 10.5. The van der Waals surface area contributed by atoms with Gasteiger partial charge in [-0.05, 0) is 61.2 Å². The predicted molar refractivity (Wildman–Crippen MR) is 123 cm³/mol. The lowest BCUT2D eigenvalue weighted by molar-refractivity contribution is 0.301. The van der Waals surface area contributed by atoms with Gasteiger partial charge in [-0.25, -0.2) is 14.3 Å². The van der Waals surface area contributed by atoms with Crippen LogP contribution in [0.15, 0.2) is 67.1 Å². The highest BCUT2D eigenvalue weighted by molar-refractivity contribution is 5.84. The number of hydrogen-bond donors (Lipinski definition) is 0. The van der Waals surface area contributed by atoms with Gasteiger partial charge in [-0.2, -0.15) is 0 Å². The third-order valence-corrected chi connectivity index (χ3v) is 5.50. The van der Waals surface area contributed by atoms with Crippen molar-refractivity contribution in [2.75, 3.05) is 0 Å². The summed E-state index contributed by atoms with van der Waals surface area (Å²) in [5, 5.41) is 10.1. The normalized spacial score (nSPS) is 11.4. The van der Waals surface area contributed by atoms with E-state index in [1.807, 2.05) is 39.0 Å². The number of aryl methyl sites for hydroxylation is 3. The Kier molecular flexibility index (Phi) is 5.05. The van der Waals surface area contributed by atoms with Crippen molar-refractivity contribution < 1.29 is 13.6 Å². The van der Waals surface area contributed by atoms with Crippen LogP contribution >= 0.6 is 0 Å². The summed E-state index contributed by atoms with van der Waals surface area (Å²) in [5.41, 5.74) is 4.60. The topological polar surface area (TPSA) is 100 Å². The largest absolute Gasteiger partial charge is 0.487 e. The maximum Gasteiger partial charge on any atom is 0.336 e. The van der Waals surface area contributed by atoms with E-state index in [9.17, 15) is 9.59 Å². The number of nitrogens with zero attached hydrogens (tertiary/aromatic N) is 3. The molecule has 0 unspecified atom stereocenters. The van der Waals surface area contributed by atoms with Crippen LogP contribution in [-0.2, 0) is 13.2 Å². The van der Waals surface area contributed by atoms with Crippen LogP contribution in [0.4, 0.5) is 0 Å². The minimum atomic E-state index is -0.399. The van der Waals surface area contributed by atoms with Crippen molar-refractivity contribution in [3.8, 4) is 5.75 Å². The van der Waals surface area contributed by atoms with Gasteiger partial charge >= 0.3 is 11.3 Å². The third-order valence-electron chi connectivity index (χ3n) is 5.50. The first-order chi connectivity index (χ1) is 15.9. The third kappa shape index (κ3) is 4.15.